The third-order valence-electron chi connectivity index (χ3n) is 3.56. The number of H-pyrrole nitrogens is 1. The second kappa shape index (κ2) is 7.29. The predicted octanol–water partition coefficient (Wildman–Crippen LogP) is 3.72. The van der Waals surface area contributed by atoms with Crippen LogP contribution in [0.2, 0.25) is 0 Å². The molecule has 0 amide bonds. The molecule has 130 valence electrons. The molecule has 0 saturated heterocycles. The van der Waals surface area contributed by atoms with Crippen LogP contribution in [0, 0.1) is 0 Å². The van der Waals surface area contributed by atoms with Crippen molar-refractivity contribution in [3.05, 3.63) is 67.6 Å². The predicted molar refractivity (Wildman–Crippen MR) is 106 cm³/mol. The Morgan fingerprint density at radius 2 is 1.96 bits per heavy atom. The van der Waals surface area contributed by atoms with Crippen LogP contribution in [0.4, 0.5) is 0 Å². The highest BCUT2D eigenvalue weighted by Crippen LogP contribution is 2.26. The SMILES string of the molecule is O=c1[nH]c(CSc2nnnn2-c2ccccc2)nc2c(Br)cc(Br)cc12. The number of aromatic nitrogens is 6. The number of rotatable bonds is 4. The van der Waals surface area contributed by atoms with Crippen molar-refractivity contribution in [1.82, 2.24) is 30.2 Å². The molecule has 4 aromatic rings. The molecule has 2 aromatic carbocycles. The molecule has 10 heteroatoms. The Hall–Kier alpha value is -2.04. The smallest absolute Gasteiger partial charge is 0.258 e. The van der Waals surface area contributed by atoms with Gasteiger partial charge in [-0.2, -0.15) is 4.68 Å². The summed E-state index contributed by atoms with van der Waals surface area (Å²) < 4.78 is 3.22. The first-order chi connectivity index (χ1) is 12.6. The topological polar surface area (TPSA) is 89.4 Å². The van der Waals surface area contributed by atoms with Crippen LogP contribution in [0.5, 0.6) is 0 Å². The number of benzene rings is 2. The van der Waals surface area contributed by atoms with E-state index in [4.69, 9.17) is 0 Å². The number of halogens is 2. The molecular weight excluding hydrogens is 484 g/mol. The summed E-state index contributed by atoms with van der Waals surface area (Å²) in [6.07, 6.45) is 0. The summed E-state index contributed by atoms with van der Waals surface area (Å²) in [7, 11) is 0. The van der Waals surface area contributed by atoms with Gasteiger partial charge >= 0.3 is 0 Å². The Labute approximate surface area is 168 Å². The van der Waals surface area contributed by atoms with Crippen molar-refractivity contribution >= 4 is 54.5 Å². The van der Waals surface area contributed by atoms with Gasteiger partial charge in [0.15, 0.2) is 0 Å². The molecule has 0 aliphatic carbocycles. The lowest BCUT2D eigenvalue weighted by Gasteiger charge is -2.06. The Morgan fingerprint density at radius 3 is 2.77 bits per heavy atom. The summed E-state index contributed by atoms with van der Waals surface area (Å²) >= 11 is 8.24. The van der Waals surface area contributed by atoms with E-state index in [9.17, 15) is 4.79 Å². The van der Waals surface area contributed by atoms with E-state index >= 15 is 0 Å². The van der Waals surface area contributed by atoms with E-state index in [0.29, 0.717) is 27.6 Å². The minimum Gasteiger partial charge on any atom is -0.309 e. The molecule has 0 atom stereocenters. The Balaban J connectivity index is 1.64. The van der Waals surface area contributed by atoms with E-state index < -0.39 is 0 Å². The molecule has 4 rings (SSSR count). The van der Waals surface area contributed by atoms with Gasteiger partial charge in [-0.15, -0.1) is 5.10 Å². The zero-order valence-electron chi connectivity index (χ0n) is 13.1. The highest BCUT2D eigenvalue weighted by molar-refractivity contribution is 9.11. The minimum atomic E-state index is -0.185. The van der Waals surface area contributed by atoms with Crippen molar-refractivity contribution in [2.45, 2.75) is 10.9 Å². The normalized spacial score (nSPS) is 11.2. The molecule has 2 heterocycles. The summed E-state index contributed by atoms with van der Waals surface area (Å²) in [6, 6.07) is 13.2. The quantitative estimate of drug-likeness (QED) is 0.436. The fourth-order valence-electron chi connectivity index (χ4n) is 2.42. The fraction of sp³-hybridized carbons (Fsp3) is 0.0625. The average Bonchev–Trinajstić information content (AvgIpc) is 3.10. The highest BCUT2D eigenvalue weighted by Gasteiger charge is 2.12. The van der Waals surface area contributed by atoms with Gasteiger partial charge in [0.1, 0.15) is 5.82 Å². The molecule has 0 aliphatic heterocycles. The van der Waals surface area contributed by atoms with E-state index in [1.165, 1.54) is 11.8 Å². The van der Waals surface area contributed by atoms with Crippen LogP contribution in [0.25, 0.3) is 16.6 Å². The van der Waals surface area contributed by atoms with Crippen LogP contribution in [-0.4, -0.2) is 30.2 Å². The standard InChI is InChI=1S/C16H10Br2N6OS/c17-9-6-11-14(12(18)7-9)19-13(20-15(11)25)8-26-16-21-22-23-24(16)10-4-2-1-3-5-10/h1-7H,8H2,(H,19,20,25). The maximum atomic E-state index is 12.4. The first kappa shape index (κ1) is 17.4. The monoisotopic (exact) mass is 492 g/mol. The number of hydrogen-bond donors (Lipinski definition) is 1. The van der Waals surface area contributed by atoms with Crippen molar-refractivity contribution in [2.24, 2.45) is 0 Å². The molecular formula is C16H10Br2N6OS. The van der Waals surface area contributed by atoms with Crippen molar-refractivity contribution in [3.8, 4) is 5.69 Å². The van der Waals surface area contributed by atoms with Crippen LogP contribution >= 0.6 is 43.6 Å². The van der Waals surface area contributed by atoms with E-state index in [1.54, 1.807) is 10.7 Å². The Morgan fingerprint density at radius 1 is 1.15 bits per heavy atom. The summed E-state index contributed by atoms with van der Waals surface area (Å²) in [5.41, 5.74) is 1.30. The maximum absolute atomic E-state index is 12.4. The van der Waals surface area contributed by atoms with E-state index in [2.05, 4.69) is 57.4 Å². The average molecular weight is 494 g/mol. The Bertz CT molecular complexity index is 1140. The molecule has 7 nitrogen and oxygen atoms in total. The van der Waals surface area contributed by atoms with Crippen LogP contribution in [0.15, 0.2) is 61.4 Å². The minimum absolute atomic E-state index is 0.185. The molecule has 26 heavy (non-hydrogen) atoms. The Kier molecular flexibility index (Phi) is 4.88. The number of thioether (sulfide) groups is 1. The number of nitrogens with zero attached hydrogens (tertiary/aromatic N) is 5. The summed E-state index contributed by atoms with van der Waals surface area (Å²) in [4.78, 5) is 19.7. The lowest BCUT2D eigenvalue weighted by atomic mass is 10.2. The van der Waals surface area contributed by atoms with E-state index in [1.807, 2.05) is 36.4 Å². The fourth-order valence-corrected chi connectivity index (χ4v) is 4.49. The molecule has 0 spiro atoms. The van der Waals surface area contributed by atoms with Gasteiger partial charge < -0.3 is 4.98 Å². The summed E-state index contributed by atoms with van der Waals surface area (Å²) in [6.45, 7) is 0. The van der Waals surface area contributed by atoms with Crippen molar-refractivity contribution < 1.29 is 0 Å². The number of tetrazole rings is 1. The van der Waals surface area contributed by atoms with E-state index in [0.717, 1.165) is 14.6 Å². The van der Waals surface area contributed by atoms with Gasteiger partial charge in [0, 0.05) is 8.95 Å². The maximum Gasteiger partial charge on any atom is 0.258 e. The molecule has 0 aliphatic rings. The van der Waals surface area contributed by atoms with Gasteiger partial charge in [0.2, 0.25) is 5.16 Å². The summed E-state index contributed by atoms with van der Waals surface area (Å²) in [5.74, 6) is 0.985. The molecule has 0 fully saturated rings. The lowest BCUT2D eigenvalue weighted by Crippen LogP contribution is -2.12. The third kappa shape index (κ3) is 3.44. The van der Waals surface area contributed by atoms with E-state index in [-0.39, 0.29) is 5.56 Å². The first-order valence-corrected chi connectivity index (χ1v) is 10.0. The highest BCUT2D eigenvalue weighted by atomic mass is 79.9. The van der Waals surface area contributed by atoms with Crippen LogP contribution in [0.3, 0.4) is 0 Å². The molecule has 0 unspecified atom stereocenters. The second-order valence-corrected chi connectivity index (χ2v) is 8.01. The van der Waals surface area contributed by atoms with Crippen molar-refractivity contribution in [1.29, 1.82) is 0 Å². The van der Waals surface area contributed by atoms with Crippen LogP contribution in [0.1, 0.15) is 5.82 Å². The molecule has 1 N–H and O–H groups in total. The largest absolute Gasteiger partial charge is 0.309 e. The van der Waals surface area contributed by atoms with Gasteiger partial charge in [-0.1, -0.05) is 45.9 Å². The number of fused-ring (bicyclic) bond motifs is 1. The van der Waals surface area contributed by atoms with Crippen LogP contribution < -0.4 is 5.56 Å². The summed E-state index contributed by atoms with van der Waals surface area (Å²) in [5, 5.41) is 13.0. The molecule has 0 radical (unpaired) electrons. The second-order valence-electron chi connectivity index (χ2n) is 5.29. The van der Waals surface area contributed by atoms with Gasteiger partial charge in [0.25, 0.3) is 5.56 Å². The number of hydrogen-bond acceptors (Lipinski definition) is 6. The number of aromatic amines is 1. The van der Waals surface area contributed by atoms with Gasteiger partial charge in [-0.3, -0.25) is 4.79 Å². The third-order valence-corrected chi connectivity index (χ3v) is 5.55. The van der Waals surface area contributed by atoms with Gasteiger partial charge in [-0.05, 0) is 50.6 Å². The number of nitrogens with one attached hydrogen (secondary N) is 1. The van der Waals surface area contributed by atoms with Gasteiger partial charge in [-0.25, -0.2) is 4.98 Å². The molecule has 2 aromatic heterocycles. The van der Waals surface area contributed by atoms with Crippen molar-refractivity contribution in [2.75, 3.05) is 0 Å². The van der Waals surface area contributed by atoms with Gasteiger partial charge in [0.05, 0.1) is 22.3 Å². The zero-order valence-corrected chi connectivity index (χ0v) is 17.0. The zero-order chi connectivity index (χ0) is 18.1. The van der Waals surface area contributed by atoms with Crippen molar-refractivity contribution in [3.63, 3.8) is 0 Å². The van der Waals surface area contributed by atoms with Crippen LogP contribution in [-0.2, 0) is 5.75 Å². The molecule has 0 bridgehead atoms. The molecule has 0 saturated carbocycles. The first-order valence-electron chi connectivity index (χ1n) is 7.46. The lowest BCUT2D eigenvalue weighted by molar-refractivity contribution is 0.756. The number of para-hydroxylation sites is 1.